The highest BCUT2D eigenvalue weighted by molar-refractivity contribution is 6.40. The van der Waals surface area contributed by atoms with Gasteiger partial charge in [-0.3, -0.25) is 4.79 Å². The van der Waals surface area contributed by atoms with E-state index in [-0.39, 0.29) is 18.1 Å². The summed E-state index contributed by atoms with van der Waals surface area (Å²) in [4.78, 5) is 39.1. The van der Waals surface area contributed by atoms with E-state index in [9.17, 15) is 14.4 Å². The number of benzene rings is 1. The largest absolute Gasteiger partial charge is 0.459 e. The van der Waals surface area contributed by atoms with Gasteiger partial charge in [0, 0.05) is 30.2 Å². The summed E-state index contributed by atoms with van der Waals surface area (Å²) in [7, 11) is 0. The molecule has 0 aliphatic carbocycles. The molecule has 0 radical (unpaired) electrons. The van der Waals surface area contributed by atoms with Crippen molar-refractivity contribution >= 4 is 28.4 Å². The lowest BCUT2D eigenvalue weighted by molar-refractivity contribution is -0.139. The van der Waals surface area contributed by atoms with Gasteiger partial charge in [-0.2, -0.15) is 0 Å². The summed E-state index contributed by atoms with van der Waals surface area (Å²) >= 11 is 0. The Hall–Kier alpha value is -2.63. The maximum atomic E-state index is 12.4. The Labute approximate surface area is 171 Å². The molecule has 0 saturated heterocycles. The first-order valence-corrected chi connectivity index (χ1v) is 10.5. The highest BCUT2D eigenvalue weighted by Gasteiger charge is 2.24. The van der Waals surface area contributed by atoms with Crippen LogP contribution in [-0.2, 0) is 9.53 Å². The molecule has 0 amide bonds. The molecule has 0 saturated carbocycles. The minimum Gasteiger partial charge on any atom is -0.459 e. The van der Waals surface area contributed by atoms with Gasteiger partial charge in [-0.1, -0.05) is 33.1 Å². The second-order valence-electron chi connectivity index (χ2n) is 7.19. The van der Waals surface area contributed by atoms with Crippen LogP contribution in [0, 0.1) is 5.92 Å². The molecule has 6 heteroatoms. The second-order valence-corrected chi connectivity index (χ2v) is 7.19. The molecule has 29 heavy (non-hydrogen) atoms. The fourth-order valence-electron chi connectivity index (χ4n) is 3.31. The smallest absolute Gasteiger partial charge is 0.379 e. The van der Waals surface area contributed by atoms with E-state index >= 15 is 0 Å². The number of rotatable bonds is 11. The van der Waals surface area contributed by atoms with E-state index in [4.69, 9.17) is 9.15 Å². The van der Waals surface area contributed by atoms with Crippen molar-refractivity contribution in [2.45, 2.75) is 53.4 Å². The van der Waals surface area contributed by atoms with E-state index in [0.29, 0.717) is 11.0 Å². The Kier molecular flexibility index (Phi) is 8.43. The summed E-state index contributed by atoms with van der Waals surface area (Å²) in [6, 6.07) is 6.87. The molecule has 1 atom stereocenters. The van der Waals surface area contributed by atoms with Crippen LogP contribution in [0.2, 0.25) is 0 Å². The molecule has 6 nitrogen and oxygen atoms in total. The average molecular weight is 402 g/mol. The van der Waals surface area contributed by atoms with Crippen molar-refractivity contribution in [1.29, 1.82) is 0 Å². The Morgan fingerprint density at radius 3 is 2.45 bits per heavy atom. The second kappa shape index (κ2) is 10.8. The third-order valence-electron chi connectivity index (χ3n) is 5.27. The number of hydrogen-bond donors (Lipinski definition) is 0. The monoisotopic (exact) mass is 401 g/mol. The molecule has 0 aliphatic heterocycles. The molecule has 2 rings (SSSR count). The Morgan fingerprint density at radius 2 is 1.83 bits per heavy atom. The van der Waals surface area contributed by atoms with Gasteiger partial charge in [-0.25, -0.2) is 9.59 Å². The van der Waals surface area contributed by atoms with E-state index < -0.39 is 17.4 Å². The van der Waals surface area contributed by atoms with E-state index in [1.54, 1.807) is 12.1 Å². The number of hydrogen-bond acceptors (Lipinski definition) is 6. The van der Waals surface area contributed by atoms with Gasteiger partial charge in [0.2, 0.25) is 0 Å². The highest BCUT2D eigenvalue weighted by Crippen LogP contribution is 2.22. The van der Waals surface area contributed by atoms with Gasteiger partial charge >= 0.3 is 11.6 Å². The van der Waals surface area contributed by atoms with Crippen LogP contribution in [0.4, 0.5) is 5.69 Å². The maximum Gasteiger partial charge on any atom is 0.379 e. The lowest BCUT2D eigenvalue weighted by atomic mass is 10.0. The zero-order valence-corrected chi connectivity index (χ0v) is 17.8. The van der Waals surface area contributed by atoms with E-state index in [1.165, 1.54) is 6.07 Å². The zero-order valence-electron chi connectivity index (χ0n) is 17.8. The molecule has 1 unspecified atom stereocenters. The topological polar surface area (TPSA) is 76.8 Å². The fourth-order valence-corrected chi connectivity index (χ4v) is 3.31. The maximum absolute atomic E-state index is 12.4. The molecule has 0 fully saturated rings. The molecule has 0 bridgehead atoms. The number of unbranched alkanes of at least 4 members (excludes halogenated alkanes) is 1. The molecular formula is C23H31NO5. The van der Waals surface area contributed by atoms with Gasteiger partial charge in [-0.05, 0) is 44.4 Å². The molecule has 1 aromatic carbocycles. The minimum absolute atomic E-state index is 0.188. The number of fused-ring (bicyclic) bond motifs is 1. The van der Waals surface area contributed by atoms with Crippen molar-refractivity contribution in [1.82, 2.24) is 0 Å². The third kappa shape index (κ3) is 5.68. The third-order valence-corrected chi connectivity index (χ3v) is 5.27. The van der Waals surface area contributed by atoms with Gasteiger partial charge in [0.05, 0.1) is 6.61 Å². The molecule has 158 valence electrons. The number of esters is 1. The normalized spacial score (nSPS) is 12.0. The lowest BCUT2D eigenvalue weighted by Crippen LogP contribution is -2.26. The van der Waals surface area contributed by atoms with Crippen LogP contribution < -0.4 is 10.5 Å². The standard InChI is InChI=1S/C23H31NO5/c1-5-9-10-16(6-2)15-28-23(27)21(25)19-13-17-11-12-18(24(7-3)8-4)14-20(17)29-22(19)26/h11-14,16H,5-10,15H2,1-4H3. The fraction of sp³-hybridized carbons (Fsp3) is 0.522. The molecule has 2 aromatic rings. The van der Waals surface area contributed by atoms with Crippen LogP contribution in [0.3, 0.4) is 0 Å². The number of nitrogens with zero attached hydrogens (tertiary/aromatic N) is 1. The van der Waals surface area contributed by atoms with Crippen molar-refractivity contribution in [3.05, 3.63) is 40.2 Å². The molecule has 0 N–H and O–H groups in total. The highest BCUT2D eigenvalue weighted by atomic mass is 16.5. The SMILES string of the molecule is CCCCC(CC)COC(=O)C(=O)c1cc2ccc(N(CC)CC)cc2oc1=O. The van der Waals surface area contributed by atoms with Crippen molar-refractivity contribution in [2.75, 3.05) is 24.6 Å². The first-order chi connectivity index (χ1) is 13.9. The van der Waals surface area contributed by atoms with Crippen molar-refractivity contribution in [2.24, 2.45) is 5.92 Å². The lowest BCUT2D eigenvalue weighted by Gasteiger charge is -2.20. The molecule has 0 aliphatic rings. The summed E-state index contributed by atoms with van der Waals surface area (Å²) in [5.41, 5.74) is 0.200. The van der Waals surface area contributed by atoms with Crippen molar-refractivity contribution < 1.29 is 18.7 Å². The van der Waals surface area contributed by atoms with Gasteiger partial charge in [-0.15, -0.1) is 0 Å². The summed E-state index contributed by atoms with van der Waals surface area (Å²) in [6.07, 6.45) is 3.93. The van der Waals surface area contributed by atoms with Crippen LogP contribution in [0.25, 0.3) is 11.0 Å². The molecule has 0 spiro atoms. The van der Waals surface area contributed by atoms with Crippen LogP contribution in [0.1, 0.15) is 63.7 Å². The Morgan fingerprint density at radius 1 is 1.10 bits per heavy atom. The van der Waals surface area contributed by atoms with E-state index in [0.717, 1.165) is 44.5 Å². The number of carbonyl (C=O) groups is 2. The number of Topliss-reactive ketones (excluding diaryl/α,β-unsaturated/α-hetero) is 1. The number of ketones is 1. The Balaban J connectivity index is 2.18. The predicted molar refractivity (Wildman–Crippen MR) is 115 cm³/mol. The molecule has 1 aromatic heterocycles. The number of ether oxygens (including phenoxy) is 1. The van der Waals surface area contributed by atoms with E-state index in [1.807, 2.05) is 26.8 Å². The molecular weight excluding hydrogens is 370 g/mol. The van der Waals surface area contributed by atoms with Crippen LogP contribution >= 0.6 is 0 Å². The zero-order chi connectivity index (χ0) is 21.4. The van der Waals surface area contributed by atoms with Gasteiger partial charge < -0.3 is 14.1 Å². The summed E-state index contributed by atoms with van der Waals surface area (Å²) in [5, 5.41) is 0.589. The molecule has 1 heterocycles. The predicted octanol–water partition coefficient (Wildman–Crippen LogP) is 4.58. The average Bonchev–Trinajstić information content (AvgIpc) is 2.73. The van der Waals surface area contributed by atoms with Crippen LogP contribution in [-0.4, -0.2) is 31.4 Å². The summed E-state index contributed by atoms with van der Waals surface area (Å²) in [6.45, 7) is 10.1. The van der Waals surface area contributed by atoms with E-state index in [2.05, 4.69) is 11.8 Å². The number of anilines is 1. The van der Waals surface area contributed by atoms with Gasteiger partial charge in [0.1, 0.15) is 11.1 Å². The number of carbonyl (C=O) groups excluding carboxylic acids is 2. The first kappa shape index (κ1) is 22.7. The van der Waals surface area contributed by atoms with Crippen LogP contribution in [0.5, 0.6) is 0 Å². The first-order valence-electron chi connectivity index (χ1n) is 10.5. The minimum atomic E-state index is -1.01. The van der Waals surface area contributed by atoms with Gasteiger partial charge in [0.25, 0.3) is 5.78 Å². The van der Waals surface area contributed by atoms with Crippen molar-refractivity contribution in [3.8, 4) is 0 Å². The quantitative estimate of drug-likeness (QED) is 0.237. The van der Waals surface area contributed by atoms with Crippen LogP contribution in [0.15, 0.2) is 33.5 Å². The van der Waals surface area contributed by atoms with Crippen molar-refractivity contribution in [3.63, 3.8) is 0 Å². The summed E-state index contributed by atoms with van der Waals surface area (Å²) < 4.78 is 10.5. The van der Waals surface area contributed by atoms with Gasteiger partial charge in [0.15, 0.2) is 0 Å². The summed E-state index contributed by atoms with van der Waals surface area (Å²) in [5.74, 6) is -1.75. The Bertz CT molecular complexity index is 898.